The minimum absolute atomic E-state index is 0.000704. The number of carbonyl (C=O) groups excluding carboxylic acids is 1. The van der Waals surface area contributed by atoms with E-state index in [1.54, 1.807) is 12.3 Å². The summed E-state index contributed by atoms with van der Waals surface area (Å²) in [7, 11) is -0.563. The summed E-state index contributed by atoms with van der Waals surface area (Å²) in [5.74, 6) is -0.000704. The molecule has 26 heavy (non-hydrogen) atoms. The minimum atomic E-state index is -3.51. The van der Waals surface area contributed by atoms with E-state index >= 15 is 0 Å². The van der Waals surface area contributed by atoms with Crippen LogP contribution in [-0.4, -0.2) is 47.8 Å². The molecule has 0 spiro atoms. The smallest absolute Gasteiger partial charge is 0.244 e. The fraction of sp³-hybridized carbons (Fsp3) is 0.222. The molecule has 2 aromatic heterocycles. The number of Topliss-reactive ketones (excluding diaryl/α,β-unsaturated/α-hetero) is 1. The number of H-pyrrole nitrogens is 1. The Hall–Kier alpha value is -2.16. The van der Waals surface area contributed by atoms with Crippen LogP contribution in [0.25, 0.3) is 10.9 Å². The van der Waals surface area contributed by atoms with Gasteiger partial charge in [-0.15, -0.1) is 0 Å². The highest BCUT2D eigenvalue weighted by Crippen LogP contribution is 2.27. The molecule has 0 aliphatic carbocycles. The molecule has 6 nitrogen and oxygen atoms in total. The number of aromatic nitrogens is 2. The van der Waals surface area contributed by atoms with E-state index in [4.69, 9.17) is 0 Å². The summed E-state index contributed by atoms with van der Waals surface area (Å²) >= 11 is 1.30. The maximum Gasteiger partial charge on any atom is 0.244 e. The Kier molecular flexibility index (Phi) is 5.17. The van der Waals surface area contributed by atoms with Crippen LogP contribution in [0.4, 0.5) is 0 Å². The first kappa shape index (κ1) is 18.6. The molecule has 0 aliphatic rings. The number of pyridine rings is 1. The van der Waals surface area contributed by atoms with Gasteiger partial charge in [-0.1, -0.05) is 30.0 Å². The second-order valence-corrected chi connectivity index (χ2v) is 9.50. The van der Waals surface area contributed by atoms with Crippen molar-refractivity contribution in [3.05, 3.63) is 54.4 Å². The lowest BCUT2D eigenvalue weighted by molar-refractivity contribution is 0.0995. The van der Waals surface area contributed by atoms with Gasteiger partial charge < -0.3 is 4.98 Å². The standard InChI is InChI=1S/C18H19N3O3S2/c1-12(18(22)15-11-19-16-7-5-4-6-14(15)16)25-17-9-8-13(10-20-17)26(23,24)21(2)3/h4-12,19H,1-3H3/t12-/m1/s1. The van der Waals surface area contributed by atoms with Gasteiger partial charge in [-0.25, -0.2) is 17.7 Å². The quantitative estimate of drug-likeness (QED) is 0.517. The second-order valence-electron chi connectivity index (χ2n) is 5.99. The van der Waals surface area contributed by atoms with E-state index < -0.39 is 10.0 Å². The van der Waals surface area contributed by atoms with Gasteiger partial charge >= 0.3 is 0 Å². The fourth-order valence-electron chi connectivity index (χ4n) is 2.53. The first-order chi connectivity index (χ1) is 12.3. The Morgan fingerprint density at radius 1 is 1.19 bits per heavy atom. The zero-order chi connectivity index (χ0) is 18.9. The number of hydrogen-bond donors (Lipinski definition) is 1. The number of nitrogens with zero attached hydrogens (tertiary/aromatic N) is 2. The van der Waals surface area contributed by atoms with Crippen molar-refractivity contribution < 1.29 is 13.2 Å². The van der Waals surface area contributed by atoms with Crippen molar-refractivity contribution in [2.45, 2.75) is 22.1 Å². The van der Waals surface area contributed by atoms with Crippen molar-refractivity contribution in [3.63, 3.8) is 0 Å². The Morgan fingerprint density at radius 2 is 1.92 bits per heavy atom. The number of ketones is 1. The van der Waals surface area contributed by atoms with E-state index in [0.29, 0.717) is 10.6 Å². The van der Waals surface area contributed by atoms with Crippen LogP contribution in [-0.2, 0) is 10.0 Å². The largest absolute Gasteiger partial charge is 0.360 e. The Bertz CT molecular complexity index is 1040. The highest BCUT2D eigenvalue weighted by Gasteiger charge is 2.21. The number of nitrogens with one attached hydrogen (secondary N) is 1. The van der Waals surface area contributed by atoms with Gasteiger partial charge in [0.1, 0.15) is 4.90 Å². The van der Waals surface area contributed by atoms with Gasteiger partial charge in [-0.3, -0.25) is 4.79 Å². The van der Waals surface area contributed by atoms with Crippen molar-refractivity contribution in [2.24, 2.45) is 0 Å². The third-order valence-corrected chi connectivity index (χ3v) is 6.86. The number of hydrogen-bond acceptors (Lipinski definition) is 5. The van der Waals surface area contributed by atoms with Gasteiger partial charge in [0.25, 0.3) is 0 Å². The predicted octanol–water partition coefficient (Wildman–Crippen LogP) is 3.18. The van der Waals surface area contributed by atoms with E-state index in [2.05, 4.69) is 9.97 Å². The van der Waals surface area contributed by atoms with Crippen molar-refractivity contribution in [3.8, 4) is 0 Å². The molecule has 1 aromatic carbocycles. The molecule has 2 heterocycles. The third-order valence-electron chi connectivity index (χ3n) is 4.01. The molecule has 3 rings (SSSR count). The molecular weight excluding hydrogens is 370 g/mol. The van der Waals surface area contributed by atoms with Crippen LogP contribution < -0.4 is 0 Å². The van der Waals surface area contributed by atoms with Crippen molar-refractivity contribution in [1.82, 2.24) is 14.3 Å². The molecular formula is C18H19N3O3S2. The van der Waals surface area contributed by atoms with Gasteiger partial charge in [0, 0.05) is 43.0 Å². The number of fused-ring (bicyclic) bond motifs is 1. The topological polar surface area (TPSA) is 83.1 Å². The van der Waals surface area contributed by atoms with Crippen LogP contribution in [0.3, 0.4) is 0 Å². The number of aromatic amines is 1. The van der Waals surface area contributed by atoms with Gasteiger partial charge in [0.15, 0.2) is 5.78 Å². The molecule has 0 saturated carbocycles. The van der Waals surface area contributed by atoms with Crippen LogP contribution in [0, 0.1) is 0 Å². The van der Waals surface area contributed by atoms with E-state index in [-0.39, 0.29) is 15.9 Å². The first-order valence-electron chi connectivity index (χ1n) is 7.96. The molecule has 0 bridgehead atoms. The third kappa shape index (κ3) is 3.53. The van der Waals surface area contributed by atoms with Gasteiger partial charge in [-0.2, -0.15) is 0 Å². The summed E-state index contributed by atoms with van der Waals surface area (Å²) in [5.41, 5.74) is 1.57. The minimum Gasteiger partial charge on any atom is -0.360 e. The number of rotatable bonds is 6. The van der Waals surface area contributed by atoms with Crippen LogP contribution in [0.2, 0.25) is 0 Å². The highest BCUT2D eigenvalue weighted by molar-refractivity contribution is 8.00. The van der Waals surface area contributed by atoms with Crippen LogP contribution in [0.15, 0.2) is 58.7 Å². The van der Waals surface area contributed by atoms with Gasteiger partial charge in [0.05, 0.1) is 10.3 Å². The van der Waals surface area contributed by atoms with Crippen LogP contribution in [0.1, 0.15) is 17.3 Å². The molecule has 0 amide bonds. The molecule has 0 fully saturated rings. The first-order valence-corrected chi connectivity index (χ1v) is 10.3. The number of sulfonamides is 1. The molecule has 0 aliphatic heterocycles. The Morgan fingerprint density at radius 3 is 2.58 bits per heavy atom. The molecule has 0 saturated heterocycles. The Balaban J connectivity index is 1.77. The summed E-state index contributed by atoms with van der Waals surface area (Å²) in [5, 5.41) is 1.15. The lowest BCUT2D eigenvalue weighted by atomic mass is 10.1. The summed E-state index contributed by atoms with van der Waals surface area (Å²) in [6.07, 6.45) is 3.05. The second kappa shape index (κ2) is 7.22. The zero-order valence-corrected chi connectivity index (χ0v) is 16.3. The lowest BCUT2D eigenvalue weighted by Gasteiger charge is -2.12. The molecule has 1 N–H and O–H groups in total. The van der Waals surface area contributed by atoms with Crippen LogP contribution >= 0.6 is 11.8 Å². The summed E-state index contributed by atoms with van der Waals surface area (Å²) in [4.78, 5) is 20.2. The molecule has 3 aromatic rings. The monoisotopic (exact) mass is 389 g/mol. The van der Waals surface area contributed by atoms with E-state index in [1.165, 1.54) is 38.1 Å². The van der Waals surface area contributed by atoms with Crippen LogP contribution in [0.5, 0.6) is 0 Å². The molecule has 0 unspecified atom stereocenters. The molecule has 8 heteroatoms. The number of benzene rings is 1. The maximum absolute atomic E-state index is 12.8. The summed E-state index contributed by atoms with van der Waals surface area (Å²) in [6, 6.07) is 10.8. The molecule has 1 atom stereocenters. The highest BCUT2D eigenvalue weighted by atomic mass is 32.2. The fourth-order valence-corrected chi connectivity index (χ4v) is 4.23. The molecule has 0 radical (unpaired) electrons. The predicted molar refractivity (Wildman–Crippen MR) is 103 cm³/mol. The Labute approximate surface area is 156 Å². The van der Waals surface area contributed by atoms with Crippen molar-refractivity contribution in [2.75, 3.05) is 14.1 Å². The van der Waals surface area contributed by atoms with Gasteiger partial charge in [-0.05, 0) is 25.1 Å². The van der Waals surface area contributed by atoms with Crippen molar-refractivity contribution in [1.29, 1.82) is 0 Å². The number of thioether (sulfide) groups is 1. The van der Waals surface area contributed by atoms with E-state index in [9.17, 15) is 13.2 Å². The SMILES string of the molecule is C[C@@H](Sc1ccc(S(=O)(=O)N(C)C)cn1)C(=O)c1c[nH]c2ccccc12. The molecule has 136 valence electrons. The summed E-state index contributed by atoms with van der Waals surface area (Å²) < 4.78 is 25.3. The van der Waals surface area contributed by atoms with Crippen molar-refractivity contribution >= 4 is 38.5 Å². The van der Waals surface area contributed by atoms with Gasteiger partial charge in [0.2, 0.25) is 10.0 Å². The average Bonchev–Trinajstić information content (AvgIpc) is 3.05. The number of carbonyl (C=O) groups is 1. The average molecular weight is 390 g/mol. The summed E-state index contributed by atoms with van der Waals surface area (Å²) in [6.45, 7) is 1.82. The van der Waals surface area contributed by atoms with E-state index in [0.717, 1.165) is 15.2 Å². The maximum atomic E-state index is 12.8. The lowest BCUT2D eigenvalue weighted by Crippen LogP contribution is -2.22. The normalized spacial score (nSPS) is 13.2. The van der Waals surface area contributed by atoms with E-state index in [1.807, 2.05) is 31.2 Å². The number of para-hydroxylation sites is 1. The zero-order valence-electron chi connectivity index (χ0n) is 14.6.